The quantitative estimate of drug-likeness (QED) is 0.352. The number of carbonyl (C=O) groups excluding carboxylic acids is 1. The summed E-state index contributed by atoms with van der Waals surface area (Å²) in [6.07, 6.45) is 4.74. The zero-order valence-electron chi connectivity index (χ0n) is 20.3. The summed E-state index contributed by atoms with van der Waals surface area (Å²) >= 11 is 0. The average Bonchev–Trinajstić information content (AvgIpc) is 2.85. The van der Waals surface area contributed by atoms with E-state index in [1.165, 1.54) is 6.92 Å². The van der Waals surface area contributed by atoms with Crippen molar-refractivity contribution in [2.24, 2.45) is 0 Å². The number of benzene rings is 2. The van der Waals surface area contributed by atoms with Crippen molar-refractivity contribution in [3.05, 3.63) is 71.9 Å². The molecule has 0 bridgehead atoms. The highest BCUT2D eigenvalue weighted by Crippen LogP contribution is 2.21. The summed E-state index contributed by atoms with van der Waals surface area (Å²) in [4.78, 5) is 17.3. The van der Waals surface area contributed by atoms with Crippen LogP contribution in [0.15, 0.2) is 60.8 Å². The predicted octanol–water partition coefficient (Wildman–Crippen LogP) is 4.17. The number of hydrogen-bond donors (Lipinski definition) is 4. The minimum Gasteiger partial charge on any atom is -0.497 e. The van der Waals surface area contributed by atoms with Gasteiger partial charge in [-0.25, -0.2) is 0 Å². The molecule has 1 saturated heterocycles. The molecule has 1 aliphatic heterocycles. The molecule has 4 N–H and O–H groups in total. The summed E-state index contributed by atoms with van der Waals surface area (Å²) in [7, 11) is 3.62. The number of amides is 1. The van der Waals surface area contributed by atoms with Gasteiger partial charge in [-0.15, -0.1) is 0 Å². The fourth-order valence-corrected chi connectivity index (χ4v) is 3.88. The second-order valence-corrected chi connectivity index (χ2v) is 8.37. The molecule has 3 rings (SSSR count). The number of methoxy groups -OCH3 is 1. The maximum Gasteiger partial charge on any atom is 0.259 e. The number of ether oxygens (including phenoxy) is 2. The van der Waals surface area contributed by atoms with E-state index in [1.54, 1.807) is 66.8 Å². The van der Waals surface area contributed by atoms with Crippen LogP contribution < -0.4 is 10.1 Å². The van der Waals surface area contributed by atoms with Gasteiger partial charge in [-0.2, -0.15) is 0 Å². The molecule has 1 aliphatic rings. The minimum absolute atomic E-state index is 0.0589. The molecule has 0 spiro atoms. The van der Waals surface area contributed by atoms with Crippen molar-refractivity contribution in [1.29, 1.82) is 16.2 Å². The first-order chi connectivity index (χ1) is 16.8. The van der Waals surface area contributed by atoms with E-state index in [0.717, 1.165) is 25.9 Å². The molecule has 0 unspecified atom stereocenters. The van der Waals surface area contributed by atoms with Gasteiger partial charge in [-0.05, 0) is 75.5 Å². The van der Waals surface area contributed by atoms with E-state index in [2.05, 4.69) is 17.3 Å². The molecule has 0 aliphatic carbocycles. The number of rotatable bonds is 7. The van der Waals surface area contributed by atoms with Gasteiger partial charge in [0.05, 0.1) is 7.11 Å². The molecular formula is C26H32N6O3. The minimum atomic E-state index is -0.234. The van der Waals surface area contributed by atoms with Crippen LogP contribution in [0.25, 0.3) is 0 Å². The number of nitrogens with one attached hydrogen (secondary N) is 4. The van der Waals surface area contributed by atoms with Crippen molar-refractivity contribution in [3.8, 4) is 5.75 Å². The SMILES string of the molecule is COc1cccc(C(=O)N(C(=N)/C=C\Nc2cccc(C(=N)OC(C)=N)c2)C2CCN(C)CC2)c1. The molecule has 184 valence electrons. The van der Waals surface area contributed by atoms with Crippen LogP contribution in [0.3, 0.4) is 0 Å². The molecule has 0 saturated carbocycles. The molecule has 0 radical (unpaired) electrons. The summed E-state index contributed by atoms with van der Waals surface area (Å²) in [5.74, 6) is 0.274. The Bertz CT molecular complexity index is 1120. The van der Waals surface area contributed by atoms with E-state index in [9.17, 15) is 4.79 Å². The van der Waals surface area contributed by atoms with Gasteiger partial charge in [-0.3, -0.25) is 25.9 Å². The van der Waals surface area contributed by atoms with Crippen LogP contribution in [-0.2, 0) is 4.74 Å². The third kappa shape index (κ3) is 7.00. The van der Waals surface area contributed by atoms with Crippen molar-refractivity contribution in [2.75, 3.05) is 32.6 Å². The molecule has 1 heterocycles. The summed E-state index contributed by atoms with van der Waals surface area (Å²) in [5, 5.41) is 27.1. The third-order valence-electron chi connectivity index (χ3n) is 5.72. The first-order valence-electron chi connectivity index (χ1n) is 11.4. The van der Waals surface area contributed by atoms with E-state index in [1.807, 2.05) is 6.07 Å². The predicted molar refractivity (Wildman–Crippen MR) is 138 cm³/mol. The van der Waals surface area contributed by atoms with Crippen LogP contribution >= 0.6 is 0 Å². The van der Waals surface area contributed by atoms with Crippen LogP contribution in [0.5, 0.6) is 5.75 Å². The Balaban J connectivity index is 1.77. The highest BCUT2D eigenvalue weighted by Gasteiger charge is 2.30. The Morgan fingerprint density at radius 2 is 1.77 bits per heavy atom. The van der Waals surface area contributed by atoms with Crippen LogP contribution in [0.4, 0.5) is 5.69 Å². The fraction of sp³-hybridized carbons (Fsp3) is 0.308. The Morgan fingerprint density at radius 3 is 2.46 bits per heavy atom. The molecule has 2 aromatic rings. The van der Waals surface area contributed by atoms with Gasteiger partial charge < -0.3 is 19.7 Å². The van der Waals surface area contributed by atoms with Crippen molar-refractivity contribution in [3.63, 3.8) is 0 Å². The van der Waals surface area contributed by atoms with Crippen LogP contribution in [0.2, 0.25) is 0 Å². The molecule has 2 aromatic carbocycles. The molecule has 1 fully saturated rings. The largest absolute Gasteiger partial charge is 0.497 e. The number of carbonyl (C=O) groups is 1. The highest BCUT2D eigenvalue weighted by atomic mass is 16.5. The monoisotopic (exact) mass is 476 g/mol. The molecule has 35 heavy (non-hydrogen) atoms. The number of anilines is 1. The number of piperidine rings is 1. The normalized spacial score (nSPS) is 14.4. The topological polar surface area (TPSA) is 126 Å². The average molecular weight is 477 g/mol. The van der Waals surface area contributed by atoms with E-state index in [4.69, 9.17) is 25.7 Å². The number of nitrogens with zero attached hydrogens (tertiary/aromatic N) is 2. The molecule has 9 heteroatoms. The van der Waals surface area contributed by atoms with Gasteiger partial charge in [0.25, 0.3) is 5.91 Å². The van der Waals surface area contributed by atoms with Crippen LogP contribution in [0, 0.1) is 16.2 Å². The summed E-state index contributed by atoms with van der Waals surface area (Å²) in [5.41, 5.74) is 1.68. The van der Waals surface area contributed by atoms with Crippen LogP contribution in [-0.4, -0.2) is 66.6 Å². The van der Waals surface area contributed by atoms with Crippen molar-refractivity contribution in [2.45, 2.75) is 25.8 Å². The zero-order valence-corrected chi connectivity index (χ0v) is 20.3. The number of likely N-dealkylation sites (tertiary alicyclic amines) is 1. The third-order valence-corrected chi connectivity index (χ3v) is 5.72. The van der Waals surface area contributed by atoms with Gasteiger partial charge in [0.1, 0.15) is 11.6 Å². The van der Waals surface area contributed by atoms with Gasteiger partial charge in [0, 0.05) is 36.0 Å². The van der Waals surface area contributed by atoms with Gasteiger partial charge in [-0.1, -0.05) is 12.1 Å². The lowest BCUT2D eigenvalue weighted by molar-refractivity contribution is 0.0748. The lowest BCUT2D eigenvalue weighted by Gasteiger charge is -2.36. The number of amidine groups is 1. The summed E-state index contributed by atoms with van der Waals surface area (Å²) in [6, 6.07) is 13.9. The first-order valence-corrected chi connectivity index (χ1v) is 11.4. The van der Waals surface area contributed by atoms with E-state index in [0.29, 0.717) is 22.6 Å². The summed E-state index contributed by atoms with van der Waals surface area (Å²) < 4.78 is 10.3. The Kier molecular flexibility index (Phi) is 8.74. The van der Waals surface area contributed by atoms with Gasteiger partial charge >= 0.3 is 0 Å². The number of hydrogen-bond acceptors (Lipinski definition) is 8. The second kappa shape index (κ2) is 11.9. The maximum absolute atomic E-state index is 13.5. The zero-order chi connectivity index (χ0) is 25.4. The van der Waals surface area contributed by atoms with E-state index in [-0.39, 0.29) is 29.6 Å². The van der Waals surface area contributed by atoms with Gasteiger partial charge in [0.2, 0.25) is 5.90 Å². The van der Waals surface area contributed by atoms with Crippen molar-refractivity contribution >= 4 is 29.2 Å². The lowest BCUT2D eigenvalue weighted by atomic mass is 10.0. The van der Waals surface area contributed by atoms with Gasteiger partial charge in [0.15, 0.2) is 5.90 Å². The van der Waals surface area contributed by atoms with Crippen molar-refractivity contribution in [1.82, 2.24) is 9.80 Å². The first kappa shape index (κ1) is 25.6. The Morgan fingerprint density at radius 1 is 1.09 bits per heavy atom. The Labute approximate surface area is 205 Å². The molecule has 0 atom stereocenters. The molecule has 1 amide bonds. The standard InChI is InChI=1S/C26H32N6O3/c1-18(27)35-25(29)19-6-4-8-21(16-19)30-13-10-24(28)32(22-11-14-31(2)15-12-22)26(33)20-7-5-9-23(17-20)34-3/h4-10,13,16-17,22,27-30H,11-12,14-15H2,1-3H3/b13-10-,27-18?,28-24?,29-25?. The highest BCUT2D eigenvalue weighted by molar-refractivity contribution is 6.09. The summed E-state index contributed by atoms with van der Waals surface area (Å²) in [6.45, 7) is 3.18. The maximum atomic E-state index is 13.5. The van der Waals surface area contributed by atoms with Crippen molar-refractivity contribution < 1.29 is 14.3 Å². The molecule has 0 aromatic heterocycles. The Hall–Kier alpha value is -3.98. The lowest BCUT2D eigenvalue weighted by Crippen LogP contribution is -2.48. The fourth-order valence-electron chi connectivity index (χ4n) is 3.88. The molecular weight excluding hydrogens is 444 g/mol. The smallest absolute Gasteiger partial charge is 0.259 e. The van der Waals surface area contributed by atoms with E-state index < -0.39 is 0 Å². The molecule has 9 nitrogen and oxygen atoms in total. The van der Waals surface area contributed by atoms with Crippen LogP contribution in [0.1, 0.15) is 35.7 Å². The second-order valence-electron chi connectivity index (χ2n) is 8.37. The van der Waals surface area contributed by atoms with E-state index >= 15 is 0 Å².